The maximum atomic E-state index is 2.42. The lowest BCUT2D eigenvalue weighted by Crippen LogP contribution is -2.40. The average Bonchev–Trinajstić information content (AvgIpc) is 3.03. The molecule has 5 aromatic carbocycles. The fraction of sp³-hybridized carbons (Fsp3) is 0.100. The molecule has 190 valence electrons. The predicted molar refractivity (Wildman–Crippen MR) is 169 cm³/mol. The molecule has 8 rings (SSSR count). The summed E-state index contributed by atoms with van der Waals surface area (Å²) in [6.45, 7) is 0. The van der Waals surface area contributed by atoms with E-state index in [0.717, 1.165) is 12.8 Å². The van der Waals surface area contributed by atoms with Crippen molar-refractivity contribution in [2.75, 3.05) is 0 Å². The second kappa shape index (κ2) is 9.50. The highest BCUT2D eigenvalue weighted by Gasteiger charge is 2.32. The molecule has 0 saturated carbocycles. The van der Waals surface area contributed by atoms with Crippen molar-refractivity contribution in [1.29, 1.82) is 0 Å². The fourth-order valence-corrected chi connectivity index (χ4v) is 7.15. The average molecular weight is 511 g/mol. The van der Waals surface area contributed by atoms with Gasteiger partial charge in [-0.2, -0.15) is 0 Å². The summed E-state index contributed by atoms with van der Waals surface area (Å²) in [4.78, 5) is 0. The van der Waals surface area contributed by atoms with Gasteiger partial charge in [0.05, 0.1) is 0 Å². The lowest BCUT2D eigenvalue weighted by molar-refractivity contribution is 0.687. The summed E-state index contributed by atoms with van der Waals surface area (Å²) in [7, 11) is 0. The molecule has 2 unspecified atom stereocenters. The van der Waals surface area contributed by atoms with Gasteiger partial charge in [0.15, 0.2) is 0 Å². The van der Waals surface area contributed by atoms with E-state index in [1.54, 1.807) is 0 Å². The molecule has 5 aromatic rings. The van der Waals surface area contributed by atoms with Crippen LogP contribution in [0, 0.1) is 11.8 Å². The maximum Gasteiger partial charge on any atom is 0.0137 e. The van der Waals surface area contributed by atoms with Crippen LogP contribution in [-0.4, -0.2) is 0 Å². The zero-order chi connectivity index (χ0) is 26.5. The summed E-state index contributed by atoms with van der Waals surface area (Å²) in [5, 5.41) is 5.34. The van der Waals surface area contributed by atoms with Gasteiger partial charge in [-0.15, -0.1) is 0 Å². The second-order valence-electron chi connectivity index (χ2n) is 11.1. The van der Waals surface area contributed by atoms with Crippen LogP contribution in [0.4, 0.5) is 0 Å². The topological polar surface area (TPSA) is 0 Å². The van der Waals surface area contributed by atoms with E-state index in [0.29, 0.717) is 5.92 Å². The SMILES string of the molecule is C1=CC2C(c3ccccc3)=c3ccccc3=C(c3ccc(-c4ccc5c(c4)CCC=C5)c4ccccc34)C2C=C1. The van der Waals surface area contributed by atoms with Gasteiger partial charge in [0.25, 0.3) is 0 Å². The minimum atomic E-state index is 0.278. The van der Waals surface area contributed by atoms with Gasteiger partial charge >= 0.3 is 0 Å². The highest BCUT2D eigenvalue weighted by atomic mass is 14.3. The summed E-state index contributed by atoms with van der Waals surface area (Å²) in [5.74, 6) is 0.573. The van der Waals surface area contributed by atoms with Crippen LogP contribution in [0.5, 0.6) is 0 Å². The molecular weight excluding hydrogens is 480 g/mol. The van der Waals surface area contributed by atoms with E-state index in [2.05, 4.69) is 146 Å². The summed E-state index contributed by atoms with van der Waals surface area (Å²) in [6, 6.07) is 40.7. The molecular formula is C40H30. The van der Waals surface area contributed by atoms with Crippen molar-refractivity contribution in [3.05, 3.63) is 172 Å². The van der Waals surface area contributed by atoms with Gasteiger partial charge in [-0.3, -0.25) is 0 Å². The molecule has 0 heterocycles. The smallest absolute Gasteiger partial charge is 0.0137 e. The van der Waals surface area contributed by atoms with Crippen molar-refractivity contribution >= 4 is 28.0 Å². The Morgan fingerprint density at radius 1 is 0.525 bits per heavy atom. The van der Waals surface area contributed by atoms with E-state index < -0.39 is 0 Å². The molecule has 2 atom stereocenters. The first-order valence-corrected chi connectivity index (χ1v) is 14.4. The molecule has 3 aliphatic carbocycles. The van der Waals surface area contributed by atoms with E-state index in [1.807, 2.05) is 0 Å². The van der Waals surface area contributed by atoms with Crippen molar-refractivity contribution < 1.29 is 0 Å². The Balaban J connectivity index is 1.42. The molecule has 3 aliphatic rings. The number of hydrogen-bond acceptors (Lipinski definition) is 0. The summed E-state index contributed by atoms with van der Waals surface area (Å²) >= 11 is 0. The Kier molecular flexibility index (Phi) is 5.52. The normalized spacial score (nSPS) is 18.9. The largest absolute Gasteiger partial charge is 0.0836 e. The lowest BCUT2D eigenvalue weighted by Gasteiger charge is -2.34. The van der Waals surface area contributed by atoms with Crippen molar-refractivity contribution in [2.24, 2.45) is 11.8 Å². The molecule has 0 N–H and O–H groups in total. The third-order valence-corrected chi connectivity index (χ3v) is 8.94. The minimum absolute atomic E-state index is 0.278. The zero-order valence-corrected chi connectivity index (χ0v) is 22.4. The molecule has 0 fully saturated rings. The Morgan fingerprint density at radius 3 is 1.98 bits per heavy atom. The first-order chi connectivity index (χ1) is 19.9. The fourth-order valence-electron chi connectivity index (χ4n) is 7.15. The summed E-state index contributed by atoms with van der Waals surface area (Å²) in [5.41, 5.74) is 10.9. The zero-order valence-electron chi connectivity index (χ0n) is 22.4. The van der Waals surface area contributed by atoms with Gasteiger partial charge in [-0.05, 0) is 78.6 Å². The molecule has 0 aromatic heterocycles. The van der Waals surface area contributed by atoms with Crippen LogP contribution in [-0.2, 0) is 6.42 Å². The summed E-state index contributed by atoms with van der Waals surface area (Å²) in [6.07, 6.45) is 16.1. The van der Waals surface area contributed by atoms with Crippen molar-refractivity contribution in [3.8, 4) is 11.1 Å². The summed E-state index contributed by atoms with van der Waals surface area (Å²) < 4.78 is 0. The van der Waals surface area contributed by atoms with Crippen LogP contribution in [0.25, 0.3) is 39.1 Å². The number of fused-ring (bicyclic) bond motifs is 4. The number of aryl methyl sites for hydroxylation is 1. The number of hydrogen-bond donors (Lipinski definition) is 0. The van der Waals surface area contributed by atoms with E-state index in [4.69, 9.17) is 0 Å². The van der Waals surface area contributed by atoms with Crippen LogP contribution < -0.4 is 10.4 Å². The van der Waals surface area contributed by atoms with Gasteiger partial charge < -0.3 is 0 Å². The quantitative estimate of drug-likeness (QED) is 0.229. The third kappa shape index (κ3) is 3.67. The van der Waals surface area contributed by atoms with E-state index in [1.165, 1.54) is 65.7 Å². The molecule has 0 heteroatoms. The molecule has 0 amide bonds. The number of benzene rings is 5. The Labute approximate surface area is 235 Å². The molecule has 0 nitrogen and oxygen atoms in total. The monoisotopic (exact) mass is 510 g/mol. The van der Waals surface area contributed by atoms with E-state index in [9.17, 15) is 0 Å². The highest BCUT2D eigenvalue weighted by molar-refractivity contribution is 6.03. The number of rotatable bonds is 3. The van der Waals surface area contributed by atoms with Crippen LogP contribution >= 0.6 is 0 Å². The van der Waals surface area contributed by atoms with Crippen LogP contribution in [0.1, 0.15) is 28.7 Å². The Morgan fingerprint density at radius 2 is 1.18 bits per heavy atom. The molecule has 0 aliphatic heterocycles. The van der Waals surface area contributed by atoms with Crippen molar-refractivity contribution in [3.63, 3.8) is 0 Å². The Hall–Kier alpha value is -4.68. The second-order valence-corrected chi connectivity index (χ2v) is 11.1. The number of allylic oxidation sites excluding steroid dienone is 5. The Bertz CT molecular complexity index is 2000. The predicted octanol–water partition coefficient (Wildman–Crippen LogP) is 8.24. The van der Waals surface area contributed by atoms with Crippen LogP contribution in [0.15, 0.2) is 140 Å². The standard InChI is InChI=1S/C40H30/c1-2-13-28(14-3-1)39-34-18-8-10-20-36(34)40(37-21-11-9-19-35(37)39)38-25-24-31(32-16-6-7-17-33(32)38)30-23-22-27-12-4-5-15-29(27)26-30/h1-4,6-14,16-26,34,36H,5,15H2. The van der Waals surface area contributed by atoms with Gasteiger partial charge in [-0.1, -0.05) is 146 Å². The van der Waals surface area contributed by atoms with E-state index >= 15 is 0 Å². The maximum absolute atomic E-state index is 2.42. The van der Waals surface area contributed by atoms with Crippen molar-refractivity contribution in [2.45, 2.75) is 12.8 Å². The van der Waals surface area contributed by atoms with Gasteiger partial charge in [0, 0.05) is 11.8 Å². The van der Waals surface area contributed by atoms with Gasteiger partial charge in [0.2, 0.25) is 0 Å². The van der Waals surface area contributed by atoms with Gasteiger partial charge in [-0.25, -0.2) is 0 Å². The van der Waals surface area contributed by atoms with Gasteiger partial charge in [0.1, 0.15) is 0 Å². The molecule has 0 saturated heterocycles. The van der Waals surface area contributed by atoms with Crippen molar-refractivity contribution in [1.82, 2.24) is 0 Å². The lowest BCUT2D eigenvalue weighted by atomic mass is 9.69. The molecule has 40 heavy (non-hydrogen) atoms. The highest BCUT2D eigenvalue weighted by Crippen LogP contribution is 2.43. The first-order valence-electron chi connectivity index (χ1n) is 14.4. The third-order valence-electron chi connectivity index (χ3n) is 8.94. The first kappa shape index (κ1) is 23.2. The van der Waals surface area contributed by atoms with Crippen LogP contribution in [0.2, 0.25) is 0 Å². The molecule has 0 spiro atoms. The molecule has 0 bridgehead atoms. The van der Waals surface area contributed by atoms with Crippen LogP contribution in [0.3, 0.4) is 0 Å². The molecule has 0 radical (unpaired) electrons. The van der Waals surface area contributed by atoms with E-state index in [-0.39, 0.29) is 5.92 Å². The minimum Gasteiger partial charge on any atom is -0.0836 e.